The highest BCUT2D eigenvalue weighted by molar-refractivity contribution is 5.94. The largest absolute Gasteiger partial charge is 0.279 e. The van der Waals surface area contributed by atoms with E-state index >= 15 is 0 Å². The maximum absolute atomic E-state index is 14.3. The number of nitrogens with zero attached hydrogens (tertiary/aromatic N) is 2. The van der Waals surface area contributed by atoms with E-state index in [-0.39, 0.29) is 16.8 Å². The molecule has 0 aliphatic carbocycles. The van der Waals surface area contributed by atoms with Gasteiger partial charge in [0.1, 0.15) is 17.3 Å². The molecule has 3 aromatic carbocycles. The molecular formula is C20H12F2N2O. The molecule has 0 spiro atoms. The Balaban J connectivity index is 2.10. The first kappa shape index (κ1) is 15.2. The fourth-order valence-electron chi connectivity index (χ4n) is 2.81. The number of para-hydroxylation sites is 1. The quantitative estimate of drug-likeness (QED) is 0.547. The Morgan fingerprint density at radius 2 is 1.48 bits per heavy atom. The van der Waals surface area contributed by atoms with Gasteiger partial charge in [-0.3, -0.25) is 4.79 Å². The van der Waals surface area contributed by atoms with Crippen molar-refractivity contribution < 1.29 is 8.78 Å². The molecule has 0 aliphatic rings. The van der Waals surface area contributed by atoms with Gasteiger partial charge in [-0.25, -0.2) is 8.78 Å². The minimum atomic E-state index is -0.726. The molecule has 0 fully saturated rings. The van der Waals surface area contributed by atoms with Crippen LogP contribution in [0.1, 0.15) is 0 Å². The third kappa shape index (κ3) is 2.59. The number of aromatic nitrogens is 2. The lowest BCUT2D eigenvalue weighted by molar-refractivity contribution is 0.585. The van der Waals surface area contributed by atoms with Crippen molar-refractivity contribution in [3.05, 3.63) is 94.8 Å². The molecule has 0 saturated heterocycles. The first-order valence-electron chi connectivity index (χ1n) is 7.68. The molecule has 1 aromatic heterocycles. The standard InChI is InChI=1S/C20H12F2N2O/c21-13-10-11-17(18(22)12-13)19-15-8-4-5-9-16(15)20(25)24(23-19)14-6-2-1-3-7-14/h1-12H. The Morgan fingerprint density at radius 3 is 2.20 bits per heavy atom. The predicted octanol–water partition coefficient (Wildman–Crippen LogP) is 4.33. The van der Waals surface area contributed by atoms with E-state index in [1.165, 1.54) is 16.8 Å². The summed E-state index contributed by atoms with van der Waals surface area (Å²) in [4.78, 5) is 12.8. The molecule has 0 N–H and O–H groups in total. The van der Waals surface area contributed by atoms with Crippen LogP contribution >= 0.6 is 0 Å². The van der Waals surface area contributed by atoms with Crippen LogP contribution in [0.15, 0.2) is 77.6 Å². The lowest BCUT2D eigenvalue weighted by Crippen LogP contribution is -2.22. The summed E-state index contributed by atoms with van der Waals surface area (Å²) in [5, 5.41) is 5.31. The molecule has 4 rings (SSSR count). The molecule has 25 heavy (non-hydrogen) atoms. The summed E-state index contributed by atoms with van der Waals surface area (Å²) in [5.74, 6) is -1.39. The van der Waals surface area contributed by atoms with Crippen molar-refractivity contribution in [2.24, 2.45) is 0 Å². The second kappa shape index (κ2) is 5.94. The van der Waals surface area contributed by atoms with E-state index in [0.29, 0.717) is 16.5 Å². The molecule has 0 aliphatic heterocycles. The predicted molar refractivity (Wildman–Crippen MR) is 92.7 cm³/mol. The van der Waals surface area contributed by atoms with Crippen LogP contribution in [-0.2, 0) is 0 Å². The first-order valence-corrected chi connectivity index (χ1v) is 7.68. The van der Waals surface area contributed by atoms with Crippen LogP contribution in [0.5, 0.6) is 0 Å². The van der Waals surface area contributed by atoms with Crippen molar-refractivity contribution in [2.45, 2.75) is 0 Å². The van der Waals surface area contributed by atoms with E-state index in [1.807, 2.05) is 6.07 Å². The molecule has 0 saturated carbocycles. The third-order valence-corrected chi connectivity index (χ3v) is 3.99. The van der Waals surface area contributed by atoms with Crippen LogP contribution in [-0.4, -0.2) is 9.78 Å². The molecule has 3 nitrogen and oxygen atoms in total. The van der Waals surface area contributed by atoms with E-state index in [4.69, 9.17) is 0 Å². The molecule has 0 bridgehead atoms. The summed E-state index contributed by atoms with van der Waals surface area (Å²) in [6, 6.07) is 19.1. The minimum Gasteiger partial charge on any atom is -0.267 e. The van der Waals surface area contributed by atoms with Gasteiger partial charge in [0.15, 0.2) is 0 Å². The fraction of sp³-hybridized carbons (Fsp3) is 0. The summed E-state index contributed by atoms with van der Waals surface area (Å²) in [5.41, 5.74) is 0.703. The number of halogens is 2. The highest BCUT2D eigenvalue weighted by Gasteiger charge is 2.16. The molecule has 0 amide bonds. The van der Waals surface area contributed by atoms with Gasteiger partial charge in [0.05, 0.1) is 11.1 Å². The molecule has 5 heteroatoms. The van der Waals surface area contributed by atoms with Crippen molar-refractivity contribution in [1.29, 1.82) is 0 Å². The zero-order chi connectivity index (χ0) is 17.4. The molecule has 0 radical (unpaired) electrons. The molecule has 0 unspecified atom stereocenters. The summed E-state index contributed by atoms with van der Waals surface area (Å²) >= 11 is 0. The van der Waals surface area contributed by atoms with Gasteiger partial charge in [0.2, 0.25) is 0 Å². The molecular weight excluding hydrogens is 322 g/mol. The average Bonchev–Trinajstić information content (AvgIpc) is 2.64. The van der Waals surface area contributed by atoms with Gasteiger partial charge in [-0.15, -0.1) is 0 Å². The second-order valence-corrected chi connectivity index (χ2v) is 5.57. The van der Waals surface area contributed by atoms with E-state index < -0.39 is 11.6 Å². The number of rotatable bonds is 2. The van der Waals surface area contributed by atoms with E-state index in [2.05, 4.69) is 5.10 Å². The molecule has 122 valence electrons. The van der Waals surface area contributed by atoms with Crippen LogP contribution in [0.2, 0.25) is 0 Å². The summed E-state index contributed by atoms with van der Waals surface area (Å²) in [6.07, 6.45) is 0. The molecule has 0 atom stereocenters. The number of fused-ring (bicyclic) bond motifs is 1. The Labute approximate surface area is 141 Å². The lowest BCUT2D eigenvalue weighted by Gasteiger charge is -2.12. The van der Waals surface area contributed by atoms with Crippen LogP contribution < -0.4 is 5.56 Å². The zero-order valence-electron chi connectivity index (χ0n) is 13.0. The van der Waals surface area contributed by atoms with Gasteiger partial charge < -0.3 is 0 Å². The van der Waals surface area contributed by atoms with E-state index in [1.54, 1.807) is 48.5 Å². The van der Waals surface area contributed by atoms with E-state index in [0.717, 1.165) is 6.07 Å². The highest BCUT2D eigenvalue weighted by Crippen LogP contribution is 2.27. The van der Waals surface area contributed by atoms with Crippen molar-refractivity contribution in [2.75, 3.05) is 0 Å². The van der Waals surface area contributed by atoms with Crippen LogP contribution in [0, 0.1) is 11.6 Å². The monoisotopic (exact) mass is 334 g/mol. The molecule has 1 heterocycles. The van der Waals surface area contributed by atoms with Gasteiger partial charge in [-0.1, -0.05) is 36.4 Å². The Kier molecular flexibility index (Phi) is 3.61. The van der Waals surface area contributed by atoms with Gasteiger partial charge in [0.25, 0.3) is 5.56 Å². The smallest absolute Gasteiger partial charge is 0.267 e. The van der Waals surface area contributed by atoms with Crippen LogP contribution in [0.4, 0.5) is 8.78 Å². The number of hydrogen-bond donors (Lipinski definition) is 0. The number of hydrogen-bond acceptors (Lipinski definition) is 2. The maximum Gasteiger partial charge on any atom is 0.279 e. The Hall–Kier alpha value is -3.34. The summed E-state index contributed by atoms with van der Waals surface area (Å²) in [7, 11) is 0. The normalized spacial score (nSPS) is 11.0. The third-order valence-electron chi connectivity index (χ3n) is 3.99. The van der Waals surface area contributed by atoms with Gasteiger partial charge in [-0.2, -0.15) is 9.78 Å². The zero-order valence-corrected chi connectivity index (χ0v) is 13.0. The van der Waals surface area contributed by atoms with Crippen LogP contribution in [0.3, 0.4) is 0 Å². The summed E-state index contributed by atoms with van der Waals surface area (Å²) in [6.45, 7) is 0. The van der Waals surface area contributed by atoms with Crippen LogP contribution in [0.25, 0.3) is 27.7 Å². The van der Waals surface area contributed by atoms with Crippen molar-refractivity contribution in [3.63, 3.8) is 0 Å². The fourth-order valence-corrected chi connectivity index (χ4v) is 2.81. The van der Waals surface area contributed by atoms with E-state index in [9.17, 15) is 13.6 Å². The number of benzene rings is 3. The highest BCUT2D eigenvalue weighted by atomic mass is 19.1. The molecule has 4 aromatic rings. The topological polar surface area (TPSA) is 34.9 Å². The van der Waals surface area contributed by atoms with Crippen molar-refractivity contribution in [1.82, 2.24) is 9.78 Å². The van der Waals surface area contributed by atoms with Gasteiger partial charge >= 0.3 is 0 Å². The summed E-state index contributed by atoms with van der Waals surface area (Å²) < 4.78 is 28.8. The van der Waals surface area contributed by atoms with Gasteiger partial charge in [0, 0.05) is 17.0 Å². The average molecular weight is 334 g/mol. The van der Waals surface area contributed by atoms with Crippen molar-refractivity contribution >= 4 is 10.8 Å². The maximum atomic E-state index is 14.3. The van der Waals surface area contributed by atoms with Crippen molar-refractivity contribution in [3.8, 4) is 16.9 Å². The minimum absolute atomic E-state index is 0.141. The SMILES string of the molecule is O=c1c2ccccc2c(-c2ccc(F)cc2F)nn1-c1ccccc1. The first-order chi connectivity index (χ1) is 12.1. The lowest BCUT2D eigenvalue weighted by atomic mass is 10.0. The Morgan fingerprint density at radius 1 is 0.800 bits per heavy atom. The van der Waals surface area contributed by atoms with Gasteiger partial charge in [-0.05, 0) is 30.3 Å². The Bertz CT molecular complexity index is 1140. The second-order valence-electron chi connectivity index (χ2n) is 5.57.